The Labute approximate surface area is 168 Å². The molecule has 1 unspecified atom stereocenters. The lowest BCUT2D eigenvalue weighted by molar-refractivity contribution is -0.136. The number of aryl methyl sites for hydroxylation is 1. The smallest absolute Gasteiger partial charge is 0.313 e. The maximum absolute atomic E-state index is 12.2. The second-order valence-electron chi connectivity index (χ2n) is 6.52. The van der Waals surface area contributed by atoms with E-state index in [1.807, 2.05) is 31.2 Å². The van der Waals surface area contributed by atoms with Crippen molar-refractivity contribution in [1.29, 1.82) is 0 Å². The molecular weight excluding hydrogens is 376 g/mol. The number of hydrogen-bond acceptors (Lipinski definition) is 6. The van der Waals surface area contributed by atoms with Gasteiger partial charge >= 0.3 is 11.8 Å². The topological polar surface area (TPSA) is 106 Å². The largest absolute Gasteiger partial charge is 0.486 e. The zero-order valence-corrected chi connectivity index (χ0v) is 16.1. The van der Waals surface area contributed by atoms with E-state index in [0.717, 1.165) is 11.1 Å². The van der Waals surface area contributed by atoms with Gasteiger partial charge in [-0.05, 0) is 24.6 Å². The number of rotatable bonds is 7. The molecular formula is C21H24N2O6. The standard InChI is InChI=1S/C21H24N2O6/c1-14-2-4-15(5-3-14)19(27-9-8-24)13-22-20(25)21(26)23-16-6-7-17-18(12-16)29-11-10-28-17/h2-7,12,19,24H,8-11,13H2,1H3,(H,22,25)(H,23,26). The van der Waals surface area contributed by atoms with Gasteiger partial charge in [0.25, 0.3) is 0 Å². The number of anilines is 1. The third-order valence-electron chi connectivity index (χ3n) is 4.31. The van der Waals surface area contributed by atoms with Crippen LogP contribution in [0.3, 0.4) is 0 Å². The molecule has 0 saturated heterocycles. The molecule has 0 fully saturated rings. The molecule has 2 amide bonds. The van der Waals surface area contributed by atoms with Gasteiger partial charge in [-0.2, -0.15) is 0 Å². The average Bonchev–Trinajstić information content (AvgIpc) is 2.74. The molecule has 1 aliphatic rings. The number of aliphatic hydroxyl groups is 1. The number of hydrogen-bond donors (Lipinski definition) is 3. The van der Waals surface area contributed by atoms with Gasteiger partial charge in [0, 0.05) is 18.3 Å². The molecule has 0 saturated carbocycles. The third-order valence-corrected chi connectivity index (χ3v) is 4.31. The fraction of sp³-hybridized carbons (Fsp3) is 0.333. The Morgan fingerprint density at radius 2 is 1.79 bits per heavy atom. The molecule has 2 aromatic rings. The number of benzene rings is 2. The summed E-state index contributed by atoms with van der Waals surface area (Å²) in [6, 6.07) is 12.6. The predicted octanol–water partition coefficient (Wildman–Crippen LogP) is 1.57. The molecule has 0 aliphatic carbocycles. The fourth-order valence-corrected chi connectivity index (χ4v) is 2.82. The van der Waals surface area contributed by atoms with E-state index < -0.39 is 17.9 Å². The highest BCUT2D eigenvalue weighted by atomic mass is 16.6. The molecule has 2 aromatic carbocycles. The van der Waals surface area contributed by atoms with Crippen LogP contribution in [0.4, 0.5) is 5.69 Å². The van der Waals surface area contributed by atoms with Crippen molar-refractivity contribution in [3.8, 4) is 11.5 Å². The fourth-order valence-electron chi connectivity index (χ4n) is 2.82. The first kappa shape index (κ1) is 20.6. The molecule has 8 nitrogen and oxygen atoms in total. The van der Waals surface area contributed by atoms with Crippen molar-refractivity contribution < 1.29 is 28.9 Å². The summed E-state index contributed by atoms with van der Waals surface area (Å²) in [4.78, 5) is 24.4. The molecule has 3 rings (SSSR count). The highest BCUT2D eigenvalue weighted by molar-refractivity contribution is 6.39. The van der Waals surface area contributed by atoms with Crippen molar-refractivity contribution >= 4 is 17.5 Å². The number of carbonyl (C=O) groups excluding carboxylic acids is 2. The van der Waals surface area contributed by atoms with Gasteiger partial charge in [-0.15, -0.1) is 0 Å². The number of fused-ring (bicyclic) bond motifs is 1. The van der Waals surface area contributed by atoms with Crippen LogP contribution in [0.5, 0.6) is 11.5 Å². The maximum atomic E-state index is 12.2. The average molecular weight is 400 g/mol. The SMILES string of the molecule is Cc1ccc(C(CNC(=O)C(=O)Nc2ccc3c(c2)OCCO3)OCCO)cc1. The van der Waals surface area contributed by atoms with Crippen molar-refractivity contribution in [2.75, 3.05) is 38.3 Å². The van der Waals surface area contributed by atoms with Crippen LogP contribution < -0.4 is 20.1 Å². The number of nitrogens with one attached hydrogen (secondary N) is 2. The Kier molecular flexibility index (Phi) is 7.04. The number of amides is 2. The lowest BCUT2D eigenvalue weighted by atomic mass is 10.1. The van der Waals surface area contributed by atoms with E-state index in [1.54, 1.807) is 18.2 Å². The zero-order chi connectivity index (χ0) is 20.6. The molecule has 1 atom stereocenters. The van der Waals surface area contributed by atoms with Crippen LogP contribution in [0.25, 0.3) is 0 Å². The molecule has 3 N–H and O–H groups in total. The summed E-state index contributed by atoms with van der Waals surface area (Å²) in [5.41, 5.74) is 2.37. The summed E-state index contributed by atoms with van der Waals surface area (Å²) < 4.78 is 16.5. The molecule has 8 heteroatoms. The van der Waals surface area contributed by atoms with E-state index in [-0.39, 0.29) is 19.8 Å². The molecule has 0 spiro atoms. The predicted molar refractivity (Wildman–Crippen MR) is 106 cm³/mol. The highest BCUT2D eigenvalue weighted by Crippen LogP contribution is 2.32. The van der Waals surface area contributed by atoms with Crippen molar-refractivity contribution in [3.63, 3.8) is 0 Å². The highest BCUT2D eigenvalue weighted by Gasteiger charge is 2.19. The minimum atomic E-state index is -0.800. The van der Waals surface area contributed by atoms with Crippen LogP contribution in [0.1, 0.15) is 17.2 Å². The summed E-state index contributed by atoms with van der Waals surface area (Å²) >= 11 is 0. The number of ether oxygens (including phenoxy) is 3. The Morgan fingerprint density at radius 3 is 2.52 bits per heavy atom. The second kappa shape index (κ2) is 9.90. The quantitative estimate of drug-likeness (QED) is 0.609. The second-order valence-corrected chi connectivity index (χ2v) is 6.52. The molecule has 0 bridgehead atoms. The van der Waals surface area contributed by atoms with Crippen molar-refractivity contribution in [3.05, 3.63) is 53.6 Å². The molecule has 0 aromatic heterocycles. The first-order valence-electron chi connectivity index (χ1n) is 9.34. The number of carbonyl (C=O) groups is 2. The van der Waals surface area contributed by atoms with E-state index in [9.17, 15) is 9.59 Å². The minimum absolute atomic E-state index is 0.0937. The molecule has 1 heterocycles. The molecule has 29 heavy (non-hydrogen) atoms. The van der Waals surface area contributed by atoms with E-state index in [1.165, 1.54) is 0 Å². The summed E-state index contributed by atoms with van der Waals surface area (Å²) in [5, 5.41) is 14.1. The van der Waals surface area contributed by atoms with E-state index in [0.29, 0.717) is 30.4 Å². The van der Waals surface area contributed by atoms with Gasteiger partial charge < -0.3 is 30.0 Å². The maximum Gasteiger partial charge on any atom is 0.313 e. The van der Waals surface area contributed by atoms with E-state index >= 15 is 0 Å². The van der Waals surface area contributed by atoms with Crippen molar-refractivity contribution in [1.82, 2.24) is 5.32 Å². The van der Waals surface area contributed by atoms with Gasteiger partial charge in [0.2, 0.25) is 0 Å². The van der Waals surface area contributed by atoms with Gasteiger partial charge in [0.05, 0.1) is 19.3 Å². The third kappa shape index (κ3) is 5.69. The van der Waals surface area contributed by atoms with Gasteiger partial charge in [0.15, 0.2) is 11.5 Å². The van der Waals surface area contributed by atoms with Crippen LogP contribution in [0.2, 0.25) is 0 Å². The van der Waals surface area contributed by atoms with Gasteiger partial charge in [-0.1, -0.05) is 29.8 Å². The molecule has 1 aliphatic heterocycles. The lowest BCUT2D eigenvalue weighted by Crippen LogP contribution is -2.38. The van der Waals surface area contributed by atoms with Crippen LogP contribution in [-0.4, -0.2) is 49.9 Å². The minimum Gasteiger partial charge on any atom is -0.486 e. The Morgan fingerprint density at radius 1 is 1.07 bits per heavy atom. The normalized spacial score (nSPS) is 13.4. The molecule has 154 valence electrons. The monoisotopic (exact) mass is 400 g/mol. The first-order chi connectivity index (χ1) is 14.1. The Balaban J connectivity index is 1.57. The summed E-state index contributed by atoms with van der Waals surface area (Å²) in [7, 11) is 0. The lowest BCUT2D eigenvalue weighted by Gasteiger charge is -2.19. The molecule has 0 radical (unpaired) electrons. The van der Waals surface area contributed by atoms with Crippen LogP contribution in [-0.2, 0) is 14.3 Å². The summed E-state index contributed by atoms with van der Waals surface area (Å²) in [6.45, 7) is 2.95. The Hall–Kier alpha value is -3.10. The van der Waals surface area contributed by atoms with Crippen molar-refractivity contribution in [2.24, 2.45) is 0 Å². The van der Waals surface area contributed by atoms with Crippen LogP contribution >= 0.6 is 0 Å². The number of aliphatic hydroxyl groups excluding tert-OH is 1. The van der Waals surface area contributed by atoms with Crippen LogP contribution in [0.15, 0.2) is 42.5 Å². The van der Waals surface area contributed by atoms with Crippen molar-refractivity contribution in [2.45, 2.75) is 13.0 Å². The van der Waals surface area contributed by atoms with Gasteiger partial charge in [-0.25, -0.2) is 0 Å². The summed E-state index contributed by atoms with van der Waals surface area (Å²) in [5.74, 6) is -0.469. The first-order valence-corrected chi connectivity index (χ1v) is 9.34. The Bertz CT molecular complexity index is 853. The van der Waals surface area contributed by atoms with E-state index in [4.69, 9.17) is 19.3 Å². The summed E-state index contributed by atoms with van der Waals surface area (Å²) in [6.07, 6.45) is -0.478. The van der Waals surface area contributed by atoms with E-state index in [2.05, 4.69) is 10.6 Å². The van der Waals surface area contributed by atoms with Gasteiger partial charge in [0.1, 0.15) is 13.2 Å². The van der Waals surface area contributed by atoms with Gasteiger partial charge in [-0.3, -0.25) is 9.59 Å². The van der Waals surface area contributed by atoms with Crippen LogP contribution in [0, 0.1) is 6.92 Å². The zero-order valence-electron chi connectivity index (χ0n) is 16.1.